The van der Waals surface area contributed by atoms with Gasteiger partial charge in [-0.2, -0.15) is 5.10 Å². The molecule has 0 unspecified atom stereocenters. The summed E-state index contributed by atoms with van der Waals surface area (Å²) in [6.45, 7) is 8.01. The second-order valence-corrected chi connectivity index (χ2v) is 4.80. The van der Waals surface area contributed by atoms with E-state index in [1.165, 1.54) is 22.3 Å². The van der Waals surface area contributed by atoms with Gasteiger partial charge >= 0.3 is 0 Å². The lowest BCUT2D eigenvalue weighted by atomic mass is 10.0. The highest BCUT2D eigenvalue weighted by atomic mass is 15.3. The molecule has 0 atom stereocenters. The first-order valence-electron chi connectivity index (χ1n) is 6.18. The average molecular weight is 244 g/mol. The lowest BCUT2D eigenvalue weighted by Gasteiger charge is -2.10. The molecule has 0 amide bonds. The largest absolute Gasteiger partial charge is 0.306 e. The Morgan fingerprint density at radius 3 is 2.44 bits per heavy atom. The van der Waals surface area contributed by atoms with Crippen LogP contribution >= 0.6 is 0 Å². The van der Waals surface area contributed by atoms with Crippen LogP contribution < -0.4 is 5.32 Å². The van der Waals surface area contributed by atoms with Gasteiger partial charge in [-0.15, -0.1) is 0 Å². The minimum Gasteiger partial charge on any atom is -0.306 e. The quantitative estimate of drug-likeness (QED) is 0.895. The topological polar surface area (TPSA) is 42.7 Å². The normalized spacial score (nSPS) is 10.9. The van der Waals surface area contributed by atoms with Crippen molar-refractivity contribution in [3.8, 4) is 0 Å². The molecule has 0 aliphatic rings. The lowest BCUT2D eigenvalue weighted by molar-refractivity contribution is 0.647. The molecule has 1 heterocycles. The lowest BCUT2D eigenvalue weighted by Crippen LogP contribution is -2.15. The van der Waals surface area contributed by atoms with E-state index in [-0.39, 0.29) is 0 Å². The Hall–Kier alpha value is -1.68. The molecule has 4 heteroatoms. The van der Waals surface area contributed by atoms with Crippen LogP contribution in [0.3, 0.4) is 0 Å². The van der Waals surface area contributed by atoms with Crippen LogP contribution in [0.1, 0.15) is 28.1 Å². The molecule has 0 spiro atoms. The van der Waals surface area contributed by atoms with Crippen LogP contribution in [0.4, 0.5) is 0 Å². The number of rotatable bonds is 4. The maximum Gasteiger partial charge on any atom is 0.164 e. The standard InChI is InChI=1S/C14H20N4/c1-10-5-12(3)13(6-11(10)2)7-15-8-14-16-9-18(4)17-14/h5-6,9,15H,7-8H2,1-4H3. The van der Waals surface area contributed by atoms with Crippen LogP contribution in [0.5, 0.6) is 0 Å². The summed E-state index contributed by atoms with van der Waals surface area (Å²) in [5, 5.41) is 7.62. The molecule has 0 saturated heterocycles. The third kappa shape index (κ3) is 2.96. The third-order valence-corrected chi connectivity index (χ3v) is 3.20. The number of nitrogens with one attached hydrogen (secondary N) is 1. The molecule has 0 bridgehead atoms. The van der Waals surface area contributed by atoms with Crippen molar-refractivity contribution in [2.75, 3.05) is 0 Å². The molecule has 1 aromatic carbocycles. The van der Waals surface area contributed by atoms with Crippen LogP contribution in [-0.2, 0) is 20.1 Å². The number of benzene rings is 1. The van der Waals surface area contributed by atoms with Crippen molar-refractivity contribution in [3.05, 3.63) is 46.5 Å². The van der Waals surface area contributed by atoms with E-state index in [9.17, 15) is 0 Å². The fourth-order valence-electron chi connectivity index (χ4n) is 1.98. The van der Waals surface area contributed by atoms with E-state index in [1.54, 1.807) is 11.0 Å². The molecule has 0 saturated carbocycles. The molecule has 4 nitrogen and oxygen atoms in total. The Labute approximate surface area is 108 Å². The SMILES string of the molecule is Cc1cc(C)c(CNCc2ncn(C)n2)cc1C. The van der Waals surface area contributed by atoms with Gasteiger partial charge in [0.1, 0.15) is 6.33 Å². The average Bonchev–Trinajstić information content (AvgIpc) is 2.71. The Balaban J connectivity index is 1.96. The van der Waals surface area contributed by atoms with Crippen molar-refractivity contribution in [1.82, 2.24) is 20.1 Å². The van der Waals surface area contributed by atoms with Crippen molar-refractivity contribution in [1.29, 1.82) is 0 Å². The maximum atomic E-state index is 4.24. The summed E-state index contributed by atoms with van der Waals surface area (Å²) in [6.07, 6.45) is 1.72. The van der Waals surface area contributed by atoms with E-state index in [1.807, 2.05) is 7.05 Å². The smallest absolute Gasteiger partial charge is 0.164 e. The zero-order chi connectivity index (χ0) is 13.1. The third-order valence-electron chi connectivity index (χ3n) is 3.20. The summed E-state index contributed by atoms with van der Waals surface area (Å²) in [5.74, 6) is 0.832. The summed E-state index contributed by atoms with van der Waals surface area (Å²) in [5.41, 5.74) is 5.37. The van der Waals surface area contributed by atoms with E-state index in [4.69, 9.17) is 0 Å². The van der Waals surface area contributed by atoms with Crippen molar-refractivity contribution in [2.45, 2.75) is 33.9 Å². The first kappa shape index (κ1) is 12.8. The van der Waals surface area contributed by atoms with E-state index < -0.39 is 0 Å². The summed E-state index contributed by atoms with van der Waals surface area (Å²) >= 11 is 0. The van der Waals surface area contributed by atoms with Crippen LogP contribution in [0.25, 0.3) is 0 Å². The zero-order valence-electron chi connectivity index (χ0n) is 11.5. The van der Waals surface area contributed by atoms with Crippen LogP contribution in [-0.4, -0.2) is 14.8 Å². The van der Waals surface area contributed by atoms with Crippen LogP contribution in [0, 0.1) is 20.8 Å². The molecule has 0 radical (unpaired) electrons. The molecule has 0 fully saturated rings. The molecule has 0 aliphatic heterocycles. The zero-order valence-corrected chi connectivity index (χ0v) is 11.5. The Kier molecular flexibility index (Phi) is 3.77. The van der Waals surface area contributed by atoms with Crippen molar-refractivity contribution in [2.24, 2.45) is 7.05 Å². The van der Waals surface area contributed by atoms with Crippen LogP contribution in [0.15, 0.2) is 18.5 Å². The van der Waals surface area contributed by atoms with Gasteiger partial charge in [-0.1, -0.05) is 12.1 Å². The molecule has 96 valence electrons. The Morgan fingerprint density at radius 1 is 1.06 bits per heavy atom. The molecule has 18 heavy (non-hydrogen) atoms. The van der Waals surface area contributed by atoms with Gasteiger partial charge in [0.2, 0.25) is 0 Å². The number of nitrogens with zero attached hydrogens (tertiary/aromatic N) is 3. The molecular weight excluding hydrogens is 224 g/mol. The van der Waals surface area contributed by atoms with Crippen molar-refractivity contribution >= 4 is 0 Å². The number of hydrogen-bond donors (Lipinski definition) is 1. The first-order valence-corrected chi connectivity index (χ1v) is 6.18. The molecular formula is C14H20N4. The van der Waals surface area contributed by atoms with Gasteiger partial charge in [-0.05, 0) is 43.0 Å². The molecule has 1 N–H and O–H groups in total. The van der Waals surface area contributed by atoms with Crippen LogP contribution in [0.2, 0.25) is 0 Å². The van der Waals surface area contributed by atoms with E-state index in [0.717, 1.165) is 12.4 Å². The van der Waals surface area contributed by atoms with Gasteiger partial charge in [0.25, 0.3) is 0 Å². The summed E-state index contributed by atoms with van der Waals surface area (Å²) in [7, 11) is 1.88. The summed E-state index contributed by atoms with van der Waals surface area (Å²) in [6, 6.07) is 4.49. The van der Waals surface area contributed by atoms with Gasteiger partial charge < -0.3 is 5.32 Å². The predicted octanol–water partition coefficient (Wildman–Crippen LogP) is 2.03. The molecule has 1 aromatic heterocycles. The minimum absolute atomic E-state index is 0.702. The highest BCUT2D eigenvalue weighted by Gasteiger charge is 2.03. The minimum atomic E-state index is 0.702. The van der Waals surface area contributed by atoms with E-state index >= 15 is 0 Å². The van der Waals surface area contributed by atoms with Gasteiger partial charge in [0.05, 0.1) is 6.54 Å². The Morgan fingerprint density at radius 2 is 1.78 bits per heavy atom. The predicted molar refractivity (Wildman–Crippen MR) is 72.2 cm³/mol. The monoisotopic (exact) mass is 244 g/mol. The fourth-order valence-corrected chi connectivity index (χ4v) is 1.98. The van der Waals surface area contributed by atoms with Crippen molar-refractivity contribution < 1.29 is 0 Å². The number of aromatic nitrogens is 3. The molecule has 2 rings (SSSR count). The van der Waals surface area contributed by atoms with Gasteiger partial charge in [-0.25, -0.2) is 4.98 Å². The van der Waals surface area contributed by atoms with Crippen molar-refractivity contribution in [3.63, 3.8) is 0 Å². The van der Waals surface area contributed by atoms with Gasteiger partial charge in [0.15, 0.2) is 5.82 Å². The van der Waals surface area contributed by atoms with Gasteiger partial charge in [-0.3, -0.25) is 4.68 Å². The Bertz CT molecular complexity index is 543. The van der Waals surface area contributed by atoms with E-state index in [2.05, 4.69) is 48.3 Å². The first-order chi connectivity index (χ1) is 8.56. The molecule has 2 aromatic rings. The number of aryl methyl sites for hydroxylation is 4. The summed E-state index contributed by atoms with van der Waals surface area (Å²) in [4.78, 5) is 4.19. The fraction of sp³-hybridized carbons (Fsp3) is 0.429. The second-order valence-electron chi connectivity index (χ2n) is 4.80. The highest BCUT2D eigenvalue weighted by Crippen LogP contribution is 2.15. The highest BCUT2D eigenvalue weighted by molar-refractivity contribution is 5.36. The maximum absolute atomic E-state index is 4.24. The summed E-state index contributed by atoms with van der Waals surface area (Å²) < 4.78 is 1.72. The van der Waals surface area contributed by atoms with E-state index in [0.29, 0.717) is 6.54 Å². The molecule has 0 aliphatic carbocycles. The van der Waals surface area contributed by atoms with Gasteiger partial charge in [0, 0.05) is 13.6 Å². The second kappa shape index (κ2) is 5.31. The number of hydrogen-bond acceptors (Lipinski definition) is 3.